The van der Waals surface area contributed by atoms with Crippen LogP contribution in [-0.4, -0.2) is 40.3 Å². The van der Waals surface area contributed by atoms with E-state index in [0.29, 0.717) is 6.04 Å². The van der Waals surface area contributed by atoms with E-state index in [0.717, 1.165) is 31.7 Å². The Kier molecular flexibility index (Phi) is 3.87. The molecule has 20 heavy (non-hydrogen) atoms. The van der Waals surface area contributed by atoms with Crippen molar-refractivity contribution >= 4 is 11.5 Å². The van der Waals surface area contributed by atoms with Crippen molar-refractivity contribution in [2.75, 3.05) is 24.5 Å². The highest BCUT2D eigenvalue weighted by Gasteiger charge is 2.23. The molecule has 1 unspecified atom stereocenters. The fourth-order valence-corrected chi connectivity index (χ4v) is 3.06. The van der Waals surface area contributed by atoms with Crippen LogP contribution < -0.4 is 10.2 Å². The van der Waals surface area contributed by atoms with Gasteiger partial charge in [0.2, 0.25) is 0 Å². The van der Waals surface area contributed by atoms with Crippen molar-refractivity contribution in [1.29, 1.82) is 0 Å². The van der Waals surface area contributed by atoms with Crippen LogP contribution in [0.25, 0.3) is 5.65 Å². The first-order chi connectivity index (χ1) is 9.79. The summed E-state index contributed by atoms with van der Waals surface area (Å²) in [5, 5.41) is 7.91. The highest BCUT2D eigenvalue weighted by atomic mass is 15.4. The van der Waals surface area contributed by atoms with Crippen LogP contribution in [0.2, 0.25) is 0 Å². The van der Waals surface area contributed by atoms with Crippen molar-refractivity contribution in [3.63, 3.8) is 0 Å². The van der Waals surface area contributed by atoms with E-state index in [1.165, 1.54) is 24.2 Å². The SMILES string of the molecule is CCCN(c1cc(C)cc2ncnn12)C1CCCNC1. The van der Waals surface area contributed by atoms with Gasteiger partial charge in [0.1, 0.15) is 12.1 Å². The molecule has 0 saturated carbocycles. The van der Waals surface area contributed by atoms with Gasteiger partial charge in [0, 0.05) is 19.1 Å². The Morgan fingerprint density at radius 1 is 1.45 bits per heavy atom. The van der Waals surface area contributed by atoms with E-state index in [-0.39, 0.29) is 0 Å². The van der Waals surface area contributed by atoms with E-state index >= 15 is 0 Å². The molecule has 5 heteroatoms. The first kappa shape index (κ1) is 13.4. The number of rotatable bonds is 4. The van der Waals surface area contributed by atoms with Gasteiger partial charge in [-0.05, 0) is 50.4 Å². The molecule has 3 heterocycles. The van der Waals surface area contributed by atoms with Gasteiger partial charge in [0.05, 0.1) is 0 Å². The summed E-state index contributed by atoms with van der Waals surface area (Å²) in [5.74, 6) is 1.17. The predicted octanol–water partition coefficient (Wildman–Crippen LogP) is 2.01. The van der Waals surface area contributed by atoms with Crippen LogP contribution >= 0.6 is 0 Å². The molecular formula is C15H23N5. The van der Waals surface area contributed by atoms with E-state index in [9.17, 15) is 0 Å². The van der Waals surface area contributed by atoms with Crippen molar-refractivity contribution in [3.05, 3.63) is 24.0 Å². The standard InChI is InChI=1S/C15H23N5/c1-3-7-19(13-5-4-6-16-10-13)15-9-12(2)8-14-17-11-18-20(14)15/h8-9,11,13,16H,3-7,10H2,1-2H3. The van der Waals surface area contributed by atoms with E-state index in [4.69, 9.17) is 0 Å². The van der Waals surface area contributed by atoms with Crippen LogP contribution in [0.15, 0.2) is 18.5 Å². The van der Waals surface area contributed by atoms with E-state index in [2.05, 4.69) is 46.3 Å². The van der Waals surface area contributed by atoms with Crippen LogP contribution in [0.5, 0.6) is 0 Å². The van der Waals surface area contributed by atoms with Crippen molar-refractivity contribution in [1.82, 2.24) is 19.9 Å². The van der Waals surface area contributed by atoms with Gasteiger partial charge in [-0.2, -0.15) is 9.61 Å². The molecule has 5 nitrogen and oxygen atoms in total. The summed E-state index contributed by atoms with van der Waals surface area (Å²) in [6.07, 6.45) is 5.27. The van der Waals surface area contributed by atoms with Gasteiger partial charge >= 0.3 is 0 Å². The number of aromatic nitrogens is 3. The minimum absolute atomic E-state index is 0.554. The molecular weight excluding hydrogens is 250 g/mol. The van der Waals surface area contributed by atoms with Crippen LogP contribution in [0.3, 0.4) is 0 Å². The molecule has 0 amide bonds. The lowest BCUT2D eigenvalue weighted by Crippen LogP contribution is -2.47. The number of hydrogen-bond acceptors (Lipinski definition) is 4. The number of hydrogen-bond donors (Lipinski definition) is 1. The Labute approximate surface area is 120 Å². The molecule has 108 valence electrons. The Balaban J connectivity index is 2.01. The molecule has 3 rings (SSSR count). The van der Waals surface area contributed by atoms with Gasteiger partial charge < -0.3 is 10.2 Å². The number of aryl methyl sites for hydroxylation is 1. The van der Waals surface area contributed by atoms with Crippen molar-refractivity contribution in [3.8, 4) is 0 Å². The maximum absolute atomic E-state index is 4.40. The lowest BCUT2D eigenvalue weighted by atomic mass is 10.1. The lowest BCUT2D eigenvalue weighted by molar-refractivity contribution is 0.427. The Morgan fingerprint density at radius 3 is 3.10 bits per heavy atom. The molecule has 1 saturated heterocycles. The molecule has 1 N–H and O–H groups in total. The summed E-state index contributed by atoms with van der Waals surface area (Å²) >= 11 is 0. The van der Waals surface area contributed by atoms with E-state index in [1.807, 2.05) is 4.52 Å². The molecule has 2 aromatic rings. The quantitative estimate of drug-likeness (QED) is 0.925. The lowest BCUT2D eigenvalue weighted by Gasteiger charge is -2.36. The fraction of sp³-hybridized carbons (Fsp3) is 0.600. The Morgan fingerprint density at radius 2 is 2.35 bits per heavy atom. The van der Waals surface area contributed by atoms with Crippen LogP contribution in [-0.2, 0) is 0 Å². The summed E-state index contributed by atoms with van der Waals surface area (Å²) in [6, 6.07) is 4.86. The second-order valence-corrected chi connectivity index (χ2v) is 5.61. The normalized spacial score (nSPS) is 19.4. The number of piperidine rings is 1. The number of nitrogens with one attached hydrogen (secondary N) is 1. The Hall–Kier alpha value is -1.62. The molecule has 0 aliphatic carbocycles. The monoisotopic (exact) mass is 273 g/mol. The predicted molar refractivity (Wildman–Crippen MR) is 81.3 cm³/mol. The van der Waals surface area contributed by atoms with E-state index in [1.54, 1.807) is 6.33 Å². The number of anilines is 1. The second kappa shape index (κ2) is 5.79. The summed E-state index contributed by atoms with van der Waals surface area (Å²) < 4.78 is 1.97. The smallest absolute Gasteiger partial charge is 0.157 e. The first-order valence-electron chi connectivity index (χ1n) is 7.57. The number of pyridine rings is 1. The van der Waals surface area contributed by atoms with Crippen molar-refractivity contribution < 1.29 is 0 Å². The zero-order valence-electron chi connectivity index (χ0n) is 12.3. The topological polar surface area (TPSA) is 45.5 Å². The summed E-state index contributed by atoms with van der Waals surface area (Å²) in [7, 11) is 0. The third-order valence-corrected chi connectivity index (χ3v) is 3.98. The number of fused-ring (bicyclic) bond motifs is 1. The van der Waals surface area contributed by atoms with Crippen molar-refractivity contribution in [2.45, 2.75) is 39.2 Å². The highest BCUT2D eigenvalue weighted by molar-refractivity contribution is 5.53. The van der Waals surface area contributed by atoms with Gasteiger partial charge in [-0.1, -0.05) is 6.92 Å². The summed E-state index contributed by atoms with van der Waals surface area (Å²) in [5.41, 5.74) is 2.18. The second-order valence-electron chi connectivity index (χ2n) is 5.61. The molecule has 1 fully saturated rings. The van der Waals surface area contributed by atoms with Crippen LogP contribution in [0, 0.1) is 6.92 Å². The zero-order chi connectivity index (χ0) is 13.9. The summed E-state index contributed by atoms with van der Waals surface area (Å²) in [6.45, 7) is 7.62. The molecule has 0 aromatic carbocycles. The van der Waals surface area contributed by atoms with Gasteiger partial charge in [-0.25, -0.2) is 4.98 Å². The third-order valence-electron chi connectivity index (χ3n) is 3.98. The average Bonchev–Trinajstić information content (AvgIpc) is 2.93. The van der Waals surface area contributed by atoms with Gasteiger partial charge in [-0.3, -0.25) is 0 Å². The maximum atomic E-state index is 4.40. The van der Waals surface area contributed by atoms with Gasteiger partial charge in [-0.15, -0.1) is 0 Å². The molecule has 1 aliphatic rings. The van der Waals surface area contributed by atoms with Crippen LogP contribution in [0.1, 0.15) is 31.7 Å². The third kappa shape index (κ3) is 2.50. The molecule has 1 aliphatic heterocycles. The van der Waals surface area contributed by atoms with Gasteiger partial charge in [0.25, 0.3) is 0 Å². The highest BCUT2D eigenvalue weighted by Crippen LogP contribution is 2.23. The zero-order valence-corrected chi connectivity index (χ0v) is 12.3. The van der Waals surface area contributed by atoms with Crippen molar-refractivity contribution in [2.24, 2.45) is 0 Å². The minimum atomic E-state index is 0.554. The average molecular weight is 273 g/mol. The largest absolute Gasteiger partial charge is 0.352 e. The summed E-state index contributed by atoms with van der Waals surface area (Å²) in [4.78, 5) is 6.84. The fourth-order valence-electron chi connectivity index (χ4n) is 3.06. The molecule has 1 atom stereocenters. The maximum Gasteiger partial charge on any atom is 0.157 e. The van der Waals surface area contributed by atoms with E-state index < -0.39 is 0 Å². The molecule has 2 aromatic heterocycles. The number of nitrogens with zero attached hydrogens (tertiary/aromatic N) is 4. The van der Waals surface area contributed by atoms with Gasteiger partial charge in [0.15, 0.2) is 5.65 Å². The molecule has 0 spiro atoms. The van der Waals surface area contributed by atoms with Crippen LogP contribution in [0.4, 0.5) is 5.82 Å². The first-order valence-corrected chi connectivity index (χ1v) is 7.57. The minimum Gasteiger partial charge on any atom is -0.352 e. The Bertz CT molecular complexity index is 571. The molecule has 0 radical (unpaired) electrons. The molecule has 0 bridgehead atoms.